The van der Waals surface area contributed by atoms with E-state index >= 15 is 0 Å². The number of morpholine rings is 1. The van der Waals surface area contributed by atoms with Gasteiger partial charge >= 0.3 is 0 Å². The van der Waals surface area contributed by atoms with E-state index in [4.69, 9.17) is 9.72 Å². The van der Waals surface area contributed by atoms with Crippen molar-refractivity contribution in [3.05, 3.63) is 17.2 Å². The van der Waals surface area contributed by atoms with Crippen LogP contribution in [0.4, 0.5) is 0 Å². The van der Waals surface area contributed by atoms with Crippen LogP contribution in [0.2, 0.25) is 0 Å². The predicted molar refractivity (Wildman–Crippen MR) is 66.1 cm³/mol. The number of nitrogens with one attached hydrogen (secondary N) is 2. The molecule has 1 aromatic heterocycles. The molecule has 4 heteroatoms. The van der Waals surface area contributed by atoms with Crippen molar-refractivity contribution >= 4 is 0 Å². The molecule has 0 spiro atoms. The second kappa shape index (κ2) is 4.78. The first-order valence-electron chi connectivity index (χ1n) is 6.73. The van der Waals surface area contributed by atoms with E-state index in [9.17, 15) is 0 Å². The van der Waals surface area contributed by atoms with Crippen LogP contribution in [0.1, 0.15) is 54.9 Å². The number of nitrogens with zero attached hydrogens (tertiary/aromatic N) is 1. The third kappa shape index (κ3) is 2.24. The van der Waals surface area contributed by atoms with Gasteiger partial charge in [0.2, 0.25) is 0 Å². The highest BCUT2D eigenvalue weighted by atomic mass is 16.5. The summed E-state index contributed by atoms with van der Waals surface area (Å²) in [5.41, 5.74) is 2.29. The molecular weight excluding hydrogens is 214 g/mol. The van der Waals surface area contributed by atoms with Crippen molar-refractivity contribution in [3.63, 3.8) is 0 Å². The van der Waals surface area contributed by atoms with E-state index in [1.54, 1.807) is 0 Å². The Balaban J connectivity index is 1.79. The van der Waals surface area contributed by atoms with Gasteiger partial charge < -0.3 is 15.0 Å². The molecule has 0 bridgehead atoms. The van der Waals surface area contributed by atoms with Gasteiger partial charge in [0.25, 0.3) is 0 Å². The highest BCUT2D eigenvalue weighted by Crippen LogP contribution is 2.33. The molecule has 17 heavy (non-hydrogen) atoms. The largest absolute Gasteiger partial charge is 0.369 e. The zero-order chi connectivity index (χ0) is 11.7. The molecule has 2 aliphatic rings. The van der Waals surface area contributed by atoms with Crippen molar-refractivity contribution in [1.29, 1.82) is 0 Å². The zero-order valence-electron chi connectivity index (χ0n) is 10.5. The van der Waals surface area contributed by atoms with Crippen LogP contribution in [-0.2, 0) is 4.74 Å². The molecule has 4 nitrogen and oxygen atoms in total. The van der Waals surface area contributed by atoms with E-state index in [-0.39, 0.29) is 6.10 Å². The van der Waals surface area contributed by atoms with E-state index in [2.05, 4.69) is 17.2 Å². The number of H-pyrrole nitrogens is 1. The minimum absolute atomic E-state index is 0.134. The summed E-state index contributed by atoms with van der Waals surface area (Å²) in [6, 6.07) is 0. The molecule has 1 aromatic rings. The molecule has 2 heterocycles. The monoisotopic (exact) mass is 235 g/mol. The van der Waals surface area contributed by atoms with Gasteiger partial charge in [-0.25, -0.2) is 4.98 Å². The fraction of sp³-hybridized carbons (Fsp3) is 0.769. The van der Waals surface area contributed by atoms with E-state index in [0.717, 1.165) is 25.4 Å². The van der Waals surface area contributed by atoms with Crippen molar-refractivity contribution in [3.8, 4) is 0 Å². The van der Waals surface area contributed by atoms with Gasteiger partial charge in [0.15, 0.2) is 0 Å². The number of aryl methyl sites for hydroxylation is 1. The quantitative estimate of drug-likeness (QED) is 0.824. The summed E-state index contributed by atoms with van der Waals surface area (Å²) >= 11 is 0. The Bertz CT molecular complexity index is 376. The normalized spacial score (nSPS) is 26.5. The van der Waals surface area contributed by atoms with Crippen LogP contribution in [0.25, 0.3) is 0 Å². The molecule has 1 aliphatic heterocycles. The lowest BCUT2D eigenvalue weighted by Crippen LogP contribution is -2.33. The number of rotatable bonds is 2. The van der Waals surface area contributed by atoms with Crippen LogP contribution in [0.3, 0.4) is 0 Å². The number of imidazole rings is 1. The van der Waals surface area contributed by atoms with Gasteiger partial charge in [0, 0.05) is 24.7 Å². The Hall–Kier alpha value is -0.870. The van der Waals surface area contributed by atoms with Gasteiger partial charge in [-0.2, -0.15) is 0 Å². The Morgan fingerprint density at radius 2 is 2.12 bits per heavy atom. The summed E-state index contributed by atoms with van der Waals surface area (Å²) in [6.07, 6.45) is 5.41. The maximum Gasteiger partial charge on any atom is 0.114 e. The first-order chi connectivity index (χ1) is 8.34. The molecule has 2 N–H and O–H groups in total. The molecule has 1 aliphatic carbocycles. The van der Waals surface area contributed by atoms with Crippen LogP contribution in [0.15, 0.2) is 0 Å². The SMILES string of the molecule is Cc1[nH]c(C2CCCC2)nc1C1CNCCO1. The predicted octanol–water partition coefficient (Wildman–Crippen LogP) is 2.04. The summed E-state index contributed by atoms with van der Waals surface area (Å²) in [5.74, 6) is 1.84. The van der Waals surface area contributed by atoms with Crippen molar-refractivity contribution in [2.75, 3.05) is 19.7 Å². The van der Waals surface area contributed by atoms with Gasteiger partial charge in [0.05, 0.1) is 12.3 Å². The van der Waals surface area contributed by atoms with E-state index in [1.807, 2.05) is 0 Å². The Kier molecular flexibility index (Phi) is 3.16. The molecule has 0 amide bonds. The van der Waals surface area contributed by atoms with E-state index < -0.39 is 0 Å². The maximum absolute atomic E-state index is 5.78. The fourth-order valence-electron chi connectivity index (χ4n) is 2.94. The number of aromatic nitrogens is 2. The lowest BCUT2D eigenvalue weighted by molar-refractivity contribution is 0.0248. The summed E-state index contributed by atoms with van der Waals surface area (Å²) in [7, 11) is 0. The Labute approximate surface area is 102 Å². The van der Waals surface area contributed by atoms with E-state index in [1.165, 1.54) is 37.2 Å². The minimum Gasteiger partial charge on any atom is -0.369 e. The number of aromatic amines is 1. The molecule has 3 rings (SSSR count). The van der Waals surface area contributed by atoms with E-state index in [0.29, 0.717) is 5.92 Å². The average molecular weight is 235 g/mol. The van der Waals surface area contributed by atoms with Crippen LogP contribution >= 0.6 is 0 Å². The third-order valence-electron chi connectivity index (χ3n) is 3.92. The molecule has 2 fully saturated rings. The van der Waals surface area contributed by atoms with Gasteiger partial charge in [-0.3, -0.25) is 0 Å². The summed E-state index contributed by atoms with van der Waals surface area (Å²) < 4.78 is 5.78. The van der Waals surface area contributed by atoms with Crippen molar-refractivity contribution in [1.82, 2.24) is 15.3 Å². The lowest BCUT2D eigenvalue weighted by atomic mass is 10.1. The molecule has 0 aromatic carbocycles. The smallest absolute Gasteiger partial charge is 0.114 e. The third-order valence-corrected chi connectivity index (χ3v) is 3.92. The average Bonchev–Trinajstić information content (AvgIpc) is 2.99. The highest BCUT2D eigenvalue weighted by Gasteiger charge is 2.25. The van der Waals surface area contributed by atoms with Crippen LogP contribution in [0.5, 0.6) is 0 Å². The second-order valence-corrected chi connectivity index (χ2v) is 5.18. The first-order valence-corrected chi connectivity index (χ1v) is 6.73. The molecule has 1 saturated heterocycles. The van der Waals surface area contributed by atoms with Crippen molar-refractivity contribution < 1.29 is 4.74 Å². The zero-order valence-corrected chi connectivity index (χ0v) is 10.5. The molecule has 1 unspecified atom stereocenters. The summed E-state index contributed by atoms with van der Waals surface area (Å²) in [6.45, 7) is 4.74. The Morgan fingerprint density at radius 3 is 2.82 bits per heavy atom. The summed E-state index contributed by atoms with van der Waals surface area (Å²) in [4.78, 5) is 8.26. The fourth-order valence-corrected chi connectivity index (χ4v) is 2.94. The highest BCUT2D eigenvalue weighted by molar-refractivity contribution is 5.19. The maximum atomic E-state index is 5.78. The molecule has 0 radical (unpaired) electrons. The molecule has 94 valence electrons. The molecular formula is C13H21N3O. The van der Waals surface area contributed by atoms with Gasteiger partial charge in [-0.05, 0) is 19.8 Å². The molecule has 1 saturated carbocycles. The standard InChI is InChI=1S/C13H21N3O/c1-9-12(11-8-14-6-7-17-11)16-13(15-9)10-4-2-3-5-10/h10-11,14H,2-8H2,1H3,(H,15,16). The summed E-state index contributed by atoms with van der Waals surface area (Å²) in [5, 5.41) is 3.36. The van der Waals surface area contributed by atoms with Crippen molar-refractivity contribution in [2.24, 2.45) is 0 Å². The number of ether oxygens (including phenoxy) is 1. The van der Waals surface area contributed by atoms with Crippen molar-refractivity contribution in [2.45, 2.75) is 44.6 Å². The second-order valence-electron chi connectivity index (χ2n) is 5.18. The van der Waals surface area contributed by atoms with Gasteiger partial charge in [0.1, 0.15) is 11.9 Å². The van der Waals surface area contributed by atoms with Crippen LogP contribution in [-0.4, -0.2) is 29.7 Å². The molecule has 1 atom stereocenters. The van der Waals surface area contributed by atoms with Crippen LogP contribution in [0, 0.1) is 6.92 Å². The lowest BCUT2D eigenvalue weighted by Gasteiger charge is -2.22. The number of hydrogen-bond donors (Lipinski definition) is 2. The Morgan fingerprint density at radius 1 is 1.29 bits per heavy atom. The van der Waals surface area contributed by atoms with Gasteiger partial charge in [-0.1, -0.05) is 12.8 Å². The number of hydrogen-bond acceptors (Lipinski definition) is 3. The topological polar surface area (TPSA) is 49.9 Å². The van der Waals surface area contributed by atoms with Gasteiger partial charge in [-0.15, -0.1) is 0 Å². The minimum atomic E-state index is 0.134. The first kappa shape index (κ1) is 11.2. The van der Waals surface area contributed by atoms with Crippen LogP contribution < -0.4 is 5.32 Å².